The maximum atomic E-state index is 15.0. The number of rotatable bonds is 10. The Labute approximate surface area is 280 Å². The Morgan fingerprint density at radius 1 is 0.955 bits per heavy atom. The molecule has 0 radical (unpaired) electrons. The van der Waals surface area contributed by atoms with E-state index < -0.39 is 0 Å². The molecule has 44 heavy (non-hydrogen) atoms. The highest BCUT2D eigenvalue weighted by Crippen LogP contribution is 2.26. The lowest BCUT2D eigenvalue weighted by Crippen LogP contribution is -3.00. The third-order valence-electron chi connectivity index (χ3n) is 8.66. The number of carbonyl (C=O) groups is 1. The fourth-order valence-electron chi connectivity index (χ4n) is 6.59. The molecule has 1 unspecified atom stereocenters. The monoisotopic (exact) mass is 713 g/mol. The van der Waals surface area contributed by atoms with E-state index >= 15 is 4.39 Å². The first-order valence-electron chi connectivity index (χ1n) is 15.9. The molecule has 2 atom stereocenters. The molecule has 0 spiro atoms. The average Bonchev–Trinajstić information content (AvgIpc) is 2.97. The van der Waals surface area contributed by atoms with Gasteiger partial charge in [-0.25, -0.2) is 4.39 Å². The second-order valence-electron chi connectivity index (χ2n) is 13.6. The Morgan fingerprint density at radius 2 is 1.73 bits per heavy atom. The maximum Gasteiger partial charge on any atom is 0.251 e. The van der Waals surface area contributed by atoms with Gasteiger partial charge in [-0.1, -0.05) is 42.8 Å². The van der Waals surface area contributed by atoms with E-state index in [9.17, 15) is 4.79 Å². The van der Waals surface area contributed by atoms with Gasteiger partial charge in [-0.05, 0) is 78.9 Å². The van der Waals surface area contributed by atoms with Gasteiger partial charge in [0, 0.05) is 56.4 Å². The molecule has 2 fully saturated rings. The van der Waals surface area contributed by atoms with Crippen molar-refractivity contribution in [2.24, 2.45) is 0 Å². The third kappa shape index (κ3) is 9.81. The summed E-state index contributed by atoms with van der Waals surface area (Å²) in [6.07, 6.45) is 3.75. The number of quaternary nitrogens is 1. The van der Waals surface area contributed by atoms with Crippen molar-refractivity contribution in [3.63, 3.8) is 0 Å². The van der Waals surface area contributed by atoms with Crippen LogP contribution in [0, 0.1) is 5.82 Å². The average molecular weight is 714 g/mol. The largest absolute Gasteiger partial charge is 1.00 e. The van der Waals surface area contributed by atoms with E-state index in [2.05, 4.69) is 66.7 Å². The number of carbonyl (C=O) groups excluding carboxylic acids is 1. The van der Waals surface area contributed by atoms with Gasteiger partial charge < -0.3 is 39.1 Å². The van der Waals surface area contributed by atoms with Crippen molar-refractivity contribution in [2.45, 2.75) is 57.9 Å². The lowest BCUT2D eigenvalue weighted by atomic mass is 9.99. The van der Waals surface area contributed by atoms with Crippen LogP contribution < -0.4 is 34.6 Å². The van der Waals surface area contributed by atoms with Gasteiger partial charge in [-0.3, -0.25) is 14.6 Å². The lowest BCUT2D eigenvalue weighted by Gasteiger charge is -2.39. The van der Waals surface area contributed by atoms with E-state index in [1.165, 1.54) is 36.5 Å². The number of amides is 1. The molecule has 238 valence electrons. The van der Waals surface area contributed by atoms with Gasteiger partial charge in [0.1, 0.15) is 5.82 Å². The Balaban J connectivity index is 0.00000442. The minimum absolute atomic E-state index is 0. The highest BCUT2D eigenvalue weighted by molar-refractivity contribution is 5.94. The summed E-state index contributed by atoms with van der Waals surface area (Å²) in [6.45, 7) is 9.49. The van der Waals surface area contributed by atoms with E-state index in [0.717, 1.165) is 61.4 Å². The Bertz CT molecular complexity index is 1390. The van der Waals surface area contributed by atoms with Crippen molar-refractivity contribution < 1.29 is 37.6 Å². The van der Waals surface area contributed by atoms with Crippen molar-refractivity contribution in [3.05, 3.63) is 94.8 Å². The zero-order chi connectivity index (χ0) is 30.4. The first-order chi connectivity index (χ1) is 20.6. The molecule has 8 heteroatoms. The minimum Gasteiger partial charge on any atom is -1.00 e. The van der Waals surface area contributed by atoms with Crippen LogP contribution >= 0.6 is 0 Å². The second-order valence-corrected chi connectivity index (χ2v) is 13.6. The molecule has 0 bridgehead atoms. The number of likely N-dealkylation sites (tertiary alicyclic amines) is 1. The lowest BCUT2D eigenvalue weighted by molar-refractivity contribution is -0.872. The zero-order valence-electron chi connectivity index (χ0n) is 26.8. The van der Waals surface area contributed by atoms with Gasteiger partial charge >= 0.3 is 0 Å². The number of likely N-dealkylation sites (N-methyl/N-ethyl adjacent to an activating group) is 1. The fourth-order valence-corrected chi connectivity index (χ4v) is 6.59. The first-order valence-corrected chi connectivity index (χ1v) is 15.9. The smallest absolute Gasteiger partial charge is 0.251 e. The Morgan fingerprint density at radius 3 is 2.50 bits per heavy atom. The summed E-state index contributed by atoms with van der Waals surface area (Å²) in [5, 5.41) is 6.55. The van der Waals surface area contributed by atoms with E-state index in [1.54, 1.807) is 6.07 Å². The molecule has 2 saturated heterocycles. The summed E-state index contributed by atoms with van der Waals surface area (Å²) >= 11 is 0. The molecule has 1 amide bonds. The van der Waals surface area contributed by atoms with Crippen LogP contribution in [0.3, 0.4) is 0 Å². The van der Waals surface area contributed by atoms with Crippen LogP contribution in [0.25, 0.3) is 11.1 Å². The van der Waals surface area contributed by atoms with Crippen LogP contribution in [0.1, 0.15) is 53.2 Å². The Hall–Kier alpha value is -2.37. The maximum absolute atomic E-state index is 15.0. The molecule has 0 aliphatic carbocycles. The van der Waals surface area contributed by atoms with E-state index in [1.807, 2.05) is 36.4 Å². The zero-order valence-corrected chi connectivity index (χ0v) is 28.9. The molecule has 2 aliphatic rings. The topological polar surface area (TPSA) is 47.6 Å². The van der Waals surface area contributed by atoms with Gasteiger partial charge in [0.15, 0.2) is 0 Å². The Kier molecular flexibility index (Phi) is 12.4. The quantitative estimate of drug-likeness (QED) is 0.251. The predicted octanol–water partition coefficient (Wildman–Crippen LogP) is 2.28. The molecule has 2 heterocycles. The SMILES string of the molecule is C[C@H]1CN(Cc2cccc(-c3cc(CNC(=O)c4cccc(CN5CCCCC5C[N+](C)(C)C)c4)ccc3F)c2)CCN1.[I-]. The number of nitrogens with one attached hydrogen (secondary N) is 2. The predicted molar refractivity (Wildman–Crippen MR) is 173 cm³/mol. The molecular weight excluding hydrogens is 664 g/mol. The van der Waals surface area contributed by atoms with Crippen LogP contribution in [-0.2, 0) is 19.6 Å². The van der Waals surface area contributed by atoms with Crippen LogP contribution in [-0.4, -0.2) is 86.1 Å². The summed E-state index contributed by atoms with van der Waals surface area (Å²) in [5.74, 6) is -0.362. The summed E-state index contributed by atoms with van der Waals surface area (Å²) in [5.41, 5.74) is 5.31. The molecule has 3 aromatic rings. The number of hydrogen-bond acceptors (Lipinski definition) is 4. The molecule has 3 aromatic carbocycles. The third-order valence-corrected chi connectivity index (χ3v) is 8.66. The molecule has 2 N–H and O–H groups in total. The number of nitrogens with zero attached hydrogens (tertiary/aromatic N) is 3. The summed E-state index contributed by atoms with van der Waals surface area (Å²) < 4.78 is 16.0. The number of hydrogen-bond donors (Lipinski definition) is 2. The van der Waals surface area contributed by atoms with Gasteiger partial charge in [-0.2, -0.15) is 0 Å². The second kappa shape index (κ2) is 15.8. The van der Waals surface area contributed by atoms with E-state index in [0.29, 0.717) is 29.8 Å². The normalized spacial score (nSPS) is 19.8. The highest BCUT2D eigenvalue weighted by atomic mass is 127. The first kappa shape index (κ1) is 34.5. The van der Waals surface area contributed by atoms with Crippen molar-refractivity contribution in [1.29, 1.82) is 0 Å². The van der Waals surface area contributed by atoms with Gasteiger partial charge in [-0.15, -0.1) is 0 Å². The number of halogens is 2. The van der Waals surface area contributed by atoms with Gasteiger partial charge in [0.2, 0.25) is 0 Å². The number of piperazine rings is 1. The van der Waals surface area contributed by atoms with Gasteiger partial charge in [0.05, 0.1) is 33.7 Å². The van der Waals surface area contributed by atoms with Crippen molar-refractivity contribution in [3.8, 4) is 11.1 Å². The fraction of sp³-hybridized carbons (Fsp3) is 0.472. The highest BCUT2D eigenvalue weighted by Gasteiger charge is 2.27. The van der Waals surface area contributed by atoms with Crippen LogP contribution in [0.5, 0.6) is 0 Å². The van der Waals surface area contributed by atoms with Crippen LogP contribution in [0.4, 0.5) is 4.39 Å². The molecule has 2 aliphatic heterocycles. The molecule has 0 saturated carbocycles. The van der Waals surface area contributed by atoms with Crippen molar-refractivity contribution in [2.75, 3.05) is 53.9 Å². The van der Waals surface area contributed by atoms with E-state index in [-0.39, 0.29) is 35.7 Å². The van der Waals surface area contributed by atoms with Crippen molar-refractivity contribution in [1.82, 2.24) is 20.4 Å². The van der Waals surface area contributed by atoms with E-state index in [4.69, 9.17) is 0 Å². The molecular formula is C36H49FIN5O. The van der Waals surface area contributed by atoms with Crippen LogP contribution in [0.2, 0.25) is 0 Å². The number of piperidine rings is 1. The summed E-state index contributed by atoms with van der Waals surface area (Å²) in [7, 11) is 6.77. The van der Waals surface area contributed by atoms with Crippen LogP contribution in [0.15, 0.2) is 66.7 Å². The minimum atomic E-state index is -0.253. The molecule has 5 rings (SSSR count). The molecule has 6 nitrogen and oxygen atoms in total. The number of benzene rings is 3. The summed E-state index contributed by atoms with van der Waals surface area (Å²) in [6, 6.07) is 22.3. The standard InChI is InChI=1S/C36H48FN5O.HI/c1-27-23-40(18-16-38-27)24-29-9-7-11-31(19-29)34-21-28(14-15-35(34)37)22-39-36(43)32-12-8-10-30(20-32)25-41-17-6-5-13-33(41)26-42(2,3)4;/h7-12,14-15,19-21,27,33,38H,5-6,13,16-18,22-26H2,1-4H3;1H/t27-,33?;/m0./s1. The molecule has 0 aromatic heterocycles. The summed E-state index contributed by atoms with van der Waals surface area (Å²) in [4.78, 5) is 18.2. The van der Waals surface area contributed by atoms with Crippen molar-refractivity contribution >= 4 is 5.91 Å². The van der Waals surface area contributed by atoms with Gasteiger partial charge in [0.25, 0.3) is 5.91 Å².